The summed E-state index contributed by atoms with van der Waals surface area (Å²) in [7, 11) is 0. The highest BCUT2D eigenvalue weighted by Crippen LogP contribution is 2.64. The molecule has 4 fully saturated rings. The summed E-state index contributed by atoms with van der Waals surface area (Å²) in [5.74, 6) is 2.49. The molecule has 0 N–H and O–H groups in total. The molecule has 0 radical (unpaired) electrons. The van der Waals surface area contributed by atoms with Crippen LogP contribution in [-0.4, -0.2) is 10.7 Å². The minimum absolute atomic E-state index is 0.0171. The average molecular weight is 255 g/mol. The van der Waals surface area contributed by atoms with Crippen molar-refractivity contribution in [3.05, 3.63) is 0 Å². The lowest BCUT2D eigenvalue weighted by molar-refractivity contribution is -0.143. The Balaban J connectivity index is 1.85. The number of alkyl halides is 1. The van der Waals surface area contributed by atoms with Crippen molar-refractivity contribution in [3.63, 3.8) is 0 Å². The highest BCUT2D eigenvalue weighted by Gasteiger charge is 2.59. The average Bonchev–Trinajstić information content (AvgIpc) is 2.11. The van der Waals surface area contributed by atoms with Gasteiger partial charge >= 0.3 is 0 Å². The molecule has 0 saturated heterocycles. The van der Waals surface area contributed by atoms with Crippen molar-refractivity contribution < 1.29 is 4.79 Å². The summed E-state index contributed by atoms with van der Waals surface area (Å²) in [4.78, 5) is 12.6. The van der Waals surface area contributed by atoms with Crippen molar-refractivity contribution >= 4 is 17.4 Å². The minimum atomic E-state index is -0.0178. The van der Waals surface area contributed by atoms with Crippen LogP contribution < -0.4 is 0 Å². The summed E-state index contributed by atoms with van der Waals surface area (Å²) in [5, 5.41) is 0. The largest absolute Gasteiger partial charge is 0.299 e. The first-order valence-electron chi connectivity index (χ1n) is 7.13. The van der Waals surface area contributed by atoms with E-state index in [-0.39, 0.29) is 10.3 Å². The molecule has 0 aromatic carbocycles. The molecule has 17 heavy (non-hydrogen) atoms. The second kappa shape index (κ2) is 3.73. The van der Waals surface area contributed by atoms with Gasteiger partial charge in [-0.2, -0.15) is 0 Å². The van der Waals surface area contributed by atoms with Gasteiger partial charge in [-0.3, -0.25) is 4.79 Å². The molecule has 4 rings (SSSR count). The normalized spacial score (nSPS) is 47.8. The van der Waals surface area contributed by atoms with Gasteiger partial charge in [0, 0.05) is 16.7 Å². The molecule has 0 aromatic heterocycles. The second-order valence-electron chi connectivity index (χ2n) is 7.41. The Bertz CT molecular complexity index is 333. The van der Waals surface area contributed by atoms with E-state index in [0.29, 0.717) is 11.7 Å². The molecule has 0 aromatic rings. The van der Waals surface area contributed by atoms with Gasteiger partial charge in [0.1, 0.15) is 5.78 Å². The summed E-state index contributed by atoms with van der Waals surface area (Å²) >= 11 is 6.75. The van der Waals surface area contributed by atoms with E-state index in [9.17, 15) is 4.79 Å². The Morgan fingerprint density at radius 2 is 1.82 bits per heavy atom. The topological polar surface area (TPSA) is 17.1 Å². The molecule has 2 atom stereocenters. The Morgan fingerprint density at radius 3 is 2.29 bits per heavy atom. The lowest BCUT2D eigenvalue weighted by atomic mass is 9.48. The minimum Gasteiger partial charge on any atom is -0.299 e. The van der Waals surface area contributed by atoms with Crippen molar-refractivity contribution in [2.45, 2.75) is 63.7 Å². The Hall–Kier alpha value is -0.0400. The molecule has 2 unspecified atom stereocenters. The molecule has 2 heteroatoms. The van der Waals surface area contributed by atoms with E-state index in [4.69, 9.17) is 11.6 Å². The smallest absolute Gasteiger partial charge is 0.139 e. The van der Waals surface area contributed by atoms with Crippen molar-refractivity contribution in [2.75, 3.05) is 0 Å². The third-order valence-electron chi connectivity index (χ3n) is 5.17. The van der Waals surface area contributed by atoms with Gasteiger partial charge in [-0.25, -0.2) is 0 Å². The van der Waals surface area contributed by atoms with Gasteiger partial charge in [-0.05, 0) is 56.3 Å². The van der Waals surface area contributed by atoms with Crippen LogP contribution in [0.15, 0.2) is 0 Å². The van der Waals surface area contributed by atoms with Crippen LogP contribution in [0, 0.1) is 23.2 Å². The molecule has 0 spiro atoms. The maximum Gasteiger partial charge on any atom is 0.139 e. The number of hydrogen-bond acceptors (Lipinski definition) is 1. The van der Waals surface area contributed by atoms with Crippen LogP contribution in [0.3, 0.4) is 0 Å². The van der Waals surface area contributed by atoms with E-state index in [1.54, 1.807) is 0 Å². The number of halogens is 1. The highest BCUT2D eigenvalue weighted by atomic mass is 35.5. The van der Waals surface area contributed by atoms with Crippen LogP contribution in [0.2, 0.25) is 0 Å². The molecule has 4 aliphatic carbocycles. The third kappa shape index (κ3) is 1.95. The quantitative estimate of drug-likeness (QED) is 0.691. The number of Topliss-reactive ketones (excluding diaryl/α,β-unsaturated/α-hetero) is 1. The maximum atomic E-state index is 12.6. The molecule has 1 nitrogen and oxygen atoms in total. The summed E-state index contributed by atoms with van der Waals surface area (Å²) in [6.07, 6.45) is 7.69. The molecule has 96 valence electrons. The lowest BCUT2D eigenvalue weighted by Gasteiger charge is -2.59. The zero-order valence-electron chi connectivity index (χ0n) is 11.0. The molecular formula is C15H23ClO. The van der Waals surface area contributed by atoms with Gasteiger partial charge in [0.15, 0.2) is 0 Å². The van der Waals surface area contributed by atoms with Crippen LogP contribution in [-0.2, 0) is 4.79 Å². The molecule has 0 heterocycles. The van der Waals surface area contributed by atoms with Gasteiger partial charge in [0.25, 0.3) is 0 Å². The van der Waals surface area contributed by atoms with Gasteiger partial charge in [0.05, 0.1) is 0 Å². The zero-order valence-corrected chi connectivity index (χ0v) is 11.7. The van der Waals surface area contributed by atoms with Gasteiger partial charge in [-0.1, -0.05) is 13.8 Å². The molecule has 4 saturated carbocycles. The fraction of sp³-hybridized carbons (Fsp3) is 0.933. The fourth-order valence-electron chi connectivity index (χ4n) is 5.06. The maximum absolute atomic E-state index is 12.6. The first-order chi connectivity index (χ1) is 7.91. The van der Waals surface area contributed by atoms with Crippen LogP contribution >= 0.6 is 11.6 Å². The van der Waals surface area contributed by atoms with Crippen molar-refractivity contribution in [2.24, 2.45) is 23.2 Å². The SMILES string of the molecule is CC(C)CC(=O)C12CC3CC(CC(Cl)(C3)C1)C2. The van der Waals surface area contributed by atoms with Gasteiger partial charge in [-0.15, -0.1) is 11.6 Å². The van der Waals surface area contributed by atoms with Crippen LogP contribution in [0.5, 0.6) is 0 Å². The fourth-order valence-corrected chi connectivity index (χ4v) is 5.76. The summed E-state index contributed by atoms with van der Waals surface area (Å²) in [6, 6.07) is 0. The molecule has 4 aliphatic rings. The van der Waals surface area contributed by atoms with E-state index < -0.39 is 0 Å². The van der Waals surface area contributed by atoms with Crippen molar-refractivity contribution in [1.82, 2.24) is 0 Å². The number of ketones is 1. The first-order valence-corrected chi connectivity index (χ1v) is 7.51. The van der Waals surface area contributed by atoms with Crippen molar-refractivity contribution in [1.29, 1.82) is 0 Å². The summed E-state index contributed by atoms with van der Waals surface area (Å²) in [6.45, 7) is 4.30. The molecular weight excluding hydrogens is 232 g/mol. The highest BCUT2D eigenvalue weighted by molar-refractivity contribution is 6.24. The van der Waals surface area contributed by atoms with E-state index in [0.717, 1.165) is 37.5 Å². The van der Waals surface area contributed by atoms with Gasteiger partial charge < -0.3 is 0 Å². The van der Waals surface area contributed by atoms with Crippen LogP contribution in [0.1, 0.15) is 58.8 Å². The van der Waals surface area contributed by atoms with Crippen molar-refractivity contribution in [3.8, 4) is 0 Å². The zero-order chi connectivity index (χ0) is 12.3. The predicted molar refractivity (Wildman–Crippen MR) is 70.2 cm³/mol. The van der Waals surface area contributed by atoms with Crippen LogP contribution in [0.4, 0.5) is 0 Å². The Kier molecular flexibility index (Phi) is 2.63. The third-order valence-corrected chi connectivity index (χ3v) is 5.62. The number of rotatable bonds is 3. The first kappa shape index (κ1) is 12.0. The van der Waals surface area contributed by atoms with E-state index >= 15 is 0 Å². The summed E-state index contributed by atoms with van der Waals surface area (Å²) in [5.41, 5.74) is -0.0178. The number of carbonyl (C=O) groups excluding carboxylic acids is 1. The number of hydrogen-bond donors (Lipinski definition) is 0. The van der Waals surface area contributed by atoms with Gasteiger partial charge in [0.2, 0.25) is 0 Å². The molecule has 0 aliphatic heterocycles. The van der Waals surface area contributed by atoms with E-state index in [2.05, 4.69) is 13.8 Å². The van der Waals surface area contributed by atoms with E-state index in [1.807, 2.05) is 0 Å². The Morgan fingerprint density at radius 1 is 1.24 bits per heavy atom. The lowest BCUT2D eigenvalue weighted by Crippen LogP contribution is -2.56. The summed E-state index contributed by atoms with van der Waals surface area (Å²) < 4.78 is 0. The monoisotopic (exact) mass is 254 g/mol. The van der Waals surface area contributed by atoms with Crippen LogP contribution in [0.25, 0.3) is 0 Å². The standard InChI is InChI=1S/C15H23ClO/c1-10(2)3-13(17)14-5-11-4-12(6-14)8-15(16,7-11)9-14/h10-12H,3-9H2,1-2H3. The second-order valence-corrected chi connectivity index (χ2v) is 8.22. The predicted octanol–water partition coefficient (Wildman–Crippen LogP) is 4.18. The Labute approximate surface area is 109 Å². The molecule has 4 bridgehead atoms. The molecule has 0 amide bonds. The number of carbonyl (C=O) groups is 1. The van der Waals surface area contributed by atoms with E-state index in [1.165, 1.54) is 19.3 Å².